The van der Waals surface area contributed by atoms with Gasteiger partial charge in [0.2, 0.25) is 5.75 Å². The molecule has 0 atom stereocenters. The maximum absolute atomic E-state index is 13.4. The van der Waals surface area contributed by atoms with E-state index in [0.717, 1.165) is 4.31 Å². The first-order chi connectivity index (χ1) is 17.4. The fourth-order valence-corrected chi connectivity index (χ4v) is 3.60. The van der Waals surface area contributed by atoms with Crippen LogP contribution in [0.15, 0.2) is 54.7 Å². The summed E-state index contributed by atoms with van der Waals surface area (Å²) in [5, 5.41) is 5.79. The van der Waals surface area contributed by atoms with Gasteiger partial charge in [0.15, 0.2) is 23.0 Å². The number of ether oxygens (including phenoxy) is 3. The molecule has 0 spiro atoms. The van der Waals surface area contributed by atoms with Crippen molar-refractivity contribution in [3.8, 4) is 17.2 Å². The topological polar surface area (TPSA) is 111 Å². The summed E-state index contributed by atoms with van der Waals surface area (Å²) in [5.41, 5.74) is 2.07. The number of amides is 2. The van der Waals surface area contributed by atoms with Gasteiger partial charge in [-0.05, 0) is 29.8 Å². The summed E-state index contributed by atoms with van der Waals surface area (Å²) in [5.74, 6) is 1.70. The fraction of sp³-hybridized carbons (Fsp3) is 0.167. The van der Waals surface area contributed by atoms with Gasteiger partial charge in [0, 0.05) is 17.8 Å². The quantitative estimate of drug-likeness (QED) is 0.290. The highest BCUT2D eigenvalue weighted by molar-refractivity contribution is 7.78. The summed E-state index contributed by atoms with van der Waals surface area (Å²) >= 11 is 4.20. The van der Waals surface area contributed by atoms with Gasteiger partial charge in [0.25, 0.3) is 0 Å². The van der Waals surface area contributed by atoms with E-state index >= 15 is 0 Å². The first kappa shape index (κ1) is 24.8. The zero-order valence-electron chi connectivity index (χ0n) is 19.7. The number of hydrogen-bond donors (Lipinski definition) is 3. The molecule has 0 saturated heterocycles. The van der Waals surface area contributed by atoms with Crippen molar-refractivity contribution in [2.45, 2.75) is 6.54 Å². The average Bonchev–Trinajstić information content (AvgIpc) is 2.87. The van der Waals surface area contributed by atoms with Crippen molar-refractivity contribution in [3.05, 3.63) is 66.1 Å². The third-order valence-corrected chi connectivity index (χ3v) is 5.36. The maximum Gasteiger partial charge on any atom is 0.333 e. The molecule has 0 bridgehead atoms. The van der Waals surface area contributed by atoms with Crippen molar-refractivity contribution in [2.75, 3.05) is 32.0 Å². The molecule has 0 radical (unpaired) electrons. The van der Waals surface area contributed by atoms with Crippen LogP contribution in [0.2, 0.25) is 0 Å². The van der Waals surface area contributed by atoms with Gasteiger partial charge in [-0.2, -0.15) is 0 Å². The number of halogens is 1. The van der Waals surface area contributed by atoms with Gasteiger partial charge >= 0.3 is 6.03 Å². The van der Waals surface area contributed by atoms with Gasteiger partial charge in [-0.1, -0.05) is 24.9 Å². The molecule has 2 amide bonds. The molecule has 2 N–H and O–H groups in total. The van der Waals surface area contributed by atoms with E-state index in [4.69, 9.17) is 14.2 Å². The van der Waals surface area contributed by atoms with E-state index in [-0.39, 0.29) is 18.2 Å². The Bertz CT molecular complexity index is 1380. The number of urea groups is 1. The number of thiol groups is 1. The van der Waals surface area contributed by atoms with Crippen LogP contribution in [0.25, 0.3) is 11.2 Å². The third-order valence-electron chi connectivity index (χ3n) is 5.03. The van der Waals surface area contributed by atoms with Crippen molar-refractivity contribution >= 4 is 47.3 Å². The molecule has 0 fully saturated rings. The summed E-state index contributed by atoms with van der Waals surface area (Å²) in [6.07, 6.45) is 1.56. The number of rotatable bonds is 8. The Labute approximate surface area is 212 Å². The highest BCUT2D eigenvalue weighted by Gasteiger charge is 2.15. The Morgan fingerprint density at radius 2 is 1.72 bits per heavy atom. The predicted octanol–water partition coefficient (Wildman–Crippen LogP) is 4.81. The van der Waals surface area contributed by atoms with E-state index in [0.29, 0.717) is 45.5 Å². The third kappa shape index (κ3) is 5.66. The van der Waals surface area contributed by atoms with Gasteiger partial charge in [-0.15, -0.1) is 0 Å². The molecule has 0 saturated carbocycles. The molecule has 4 rings (SSSR count). The fourth-order valence-electron chi connectivity index (χ4n) is 3.38. The molecule has 0 aliphatic carbocycles. The number of methoxy groups -OCH3 is 3. The number of pyridine rings is 1. The number of nitrogens with zero attached hydrogens (tertiary/aromatic N) is 4. The first-order valence-electron chi connectivity index (χ1n) is 10.6. The Balaban J connectivity index is 1.51. The van der Waals surface area contributed by atoms with Crippen LogP contribution in [-0.2, 0) is 6.54 Å². The van der Waals surface area contributed by atoms with Crippen LogP contribution >= 0.6 is 12.8 Å². The van der Waals surface area contributed by atoms with Crippen LogP contribution in [0.5, 0.6) is 17.2 Å². The van der Waals surface area contributed by atoms with Crippen LogP contribution in [0.4, 0.5) is 26.5 Å². The lowest BCUT2D eigenvalue weighted by Gasteiger charge is -2.16. The molecule has 0 aliphatic heterocycles. The maximum atomic E-state index is 13.4. The smallest absolute Gasteiger partial charge is 0.333 e. The molecule has 4 aromatic rings. The minimum Gasteiger partial charge on any atom is -0.493 e. The molecule has 0 unspecified atom stereocenters. The number of fused-ring (bicyclic) bond motifs is 1. The number of benzene rings is 2. The van der Waals surface area contributed by atoms with E-state index in [2.05, 4.69) is 38.4 Å². The van der Waals surface area contributed by atoms with Crippen LogP contribution in [0.1, 0.15) is 5.56 Å². The highest BCUT2D eigenvalue weighted by atomic mass is 32.1. The Morgan fingerprint density at radius 3 is 2.39 bits per heavy atom. The van der Waals surface area contributed by atoms with Gasteiger partial charge in [-0.3, -0.25) is 9.62 Å². The Hall–Kier alpha value is -4.32. The number of hydrogen-bond acceptors (Lipinski definition) is 9. The molecule has 2 aromatic heterocycles. The monoisotopic (exact) mass is 510 g/mol. The van der Waals surface area contributed by atoms with Gasteiger partial charge in [0.05, 0.1) is 34.1 Å². The van der Waals surface area contributed by atoms with E-state index in [1.54, 1.807) is 42.6 Å². The van der Waals surface area contributed by atoms with Gasteiger partial charge in [-0.25, -0.2) is 24.1 Å². The van der Waals surface area contributed by atoms with Gasteiger partial charge < -0.3 is 19.5 Å². The normalized spacial score (nSPS) is 10.6. The molecular weight excluding hydrogens is 487 g/mol. The number of nitrogens with one attached hydrogen (secondary N) is 2. The lowest BCUT2D eigenvalue weighted by atomic mass is 10.2. The lowest BCUT2D eigenvalue weighted by molar-refractivity contribution is 0.238. The van der Waals surface area contributed by atoms with Crippen LogP contribution < -0.4 is 24.8 Å². The largest absolute Gasteiger partial charge is 0.493 e. The van der Waals surface area contributed by atoms with Crippen molar-refractivity contribution in [3.63, 3.8) is 0 Å². The average molecular weight is 511 g/mol. The molecule has 186 valence electrons. The molecule has 36 heavy (non-hydrogen) atoms. The number of carbonyl (C=O) groups excluding carboxylic acids is 1. The SMILES string of the molecule is COc1cc(Nc2cnc3ccc(NC(=O)N(S)Cc4cccc(F)c4)nc3n2)cc(OC)c1OC. The van der Waals surface area contributed by atoms with E-state index < -0.39 is 6.03 Å². The summed E-state index contributed by atoms with van der Waals surface area (Å²) in [6, 6.07) is 12.2. The zero-order chi connectivity index (χ0) is 25.7. The minimum absolute atomic E-state index is 0.100. The number of carbonyl (C=O) groups is 1. The van der Waals surface area contributed by atoms with E-state index in [1.165, 1.54) is 33.5 Å². The first-order valence-corrected chi connectivity index (χ1v) is 11.0. The standard InChI is InChI=1S/C24H23FN6O4S/c1-33-18-10-16(11-19(34-2)22(18)35-3)27-21-12-26-17-7-8-20(28-23(17)29-21)30-24(32)31(36)13-14-5-4-6-15(25)9-14/h4-12,36H,13H2,1-3H3,(H2,27,28,29,30,32). The summed E-state index contributed by atoms with van der Waals surface area (Å²) < 4.78 is 30.6. The van der Waals surface area contributed by atoms with Crippen molar-refractivity contribution in [1.29, 1.82) is 0 Å². The Kier molecular flexibility index (Phi) is 7.54. The minimum atomic E-state index is -0.533. The lowest BCUT2D eigenvalue weighted by Crippen LogP contribution is -2.27. The second kappa shape index (κ2) is 11.0. The molecule has 2 aromatic carbocycles. The second-order valence-corrected chi connectivity index (χ2v) is 7.93. The molecule has 2 heterocycles. The number of anilines is 3. The van der Waals surface area contributed by atoms with Crippen molar-refractivity contribution < 1.29 is 23.4 Å². The molecular formula is C24H23FN6O4S. The summed E-state index contributed by atoms with van der Waals surface area (Å²) in [7, 11) is 4.58. The van der Waals surface area contributed by atoms with Crippen LogP contribution in [-0.4, -0.2) is 46.6 Å². The van der Waals surface area contributed by atoms with Crippen LogP contribution in [0.3, 0.4) is 0 Å². The zero-order valence-corrected chi connectivity index (χ0v) is 20.5. The predicted molar refractivity (Wildman–Crippen MR) is 137 cm³/mol. The van der Waals surface area contributed by atoms with Crippen molar-refractivity contribution in [2.24, 2.45) is 0 Å². The summed E-state index contributed by atoms with van der Waals surface area (Å²) in [6.45, 7) is 0.100. The molecule has 12 heteroatoms. The summed E-state index contributed by atoms with van der Waals surface area (Å²) in [4.78, 5) is 25.8. The molecule has 0 aliphatic rings. The molecule has 10 nitrogen and oxygen atoms in total. The van der Waals surface area contributed by atoms with Crippen molar-refractivity contribution in [1.82, 2.24) is 19.3 Å². The van der Waals surface area contributed by atoms with Crippen LogP contribution in [0, 0.1) is 5.82 Å². The number of aromatic nitrogens is 3. The Morgan fingerprint density at radius 1 is 1.00 bits per heavy atom. The van der Waals surface area contributed by atoms with E-state index in [9.17, 15) is 9.18 Å². The second-order valence-electron chi connectivity index (χ2n) is 7.45. The highest BCUT2D eigenvalue weighted by Crippen LogP contribution is 2.40. The van der Waals surface area contributed by atoms with Gasteiger partial charge in [0.1, 0.15) is 17.2 Å². The van der Waals surface area contributed by atoms with E-state index in [1.807, 2.05) is 0 Å².